The van der Waals surface area contributed by atoms with Gasteiger partial charge in [0.05, 0.1) is 23.7 Å². The van der Waals surface area contributed by atoms with Gasteiger partial charge in [-0.2, -0.15) is 0 Å². The summed E-state index contributed by atoms with van der Waals surface area (Å²) in [5.41, 5.74) is 0. The third-order valence-electron chi connectivity index (χ3n) is 11.3. The molecule has 0 heterocycles. The lowest BCUT2D eigenvalue weighted by Crippen LogP contribution is -2.33. The monoisotopic (exact) mass is 934 g/mol. The van der Waals surface area contributed by atoms with E-state index in [9.17, 15) is 28.8 Å². The number of ether oxygens (including phenoxy) is 6. The minimum Gasteiger partial charge on any atom is -0.461 e. The van der Waals surface area contributed by atoms with Crippen LogP contribution in [0.25, 0.3) is 0 Å². The standard InChI is InChI=1S/C50H91NO12.ClH/c1-9-13-17-21-27-39(5)47(54)58-35-43(36-59-48(55)40(6)28-22-18-14-10-2)62-45(52)31-25-33-51-34-26-32-46(53)63-44(37-60-49(56)41(7)29-23-19-15-11-3)38-61-50(57)42(8)30-24-20-16-12-4;/h39-44,51H,9-38H2,1-8H3;1H. The van der Waals surface area contributed by atoms with Crippen LogP contribution in [0.5, 0.6) is 0 Å². The summed E-state index contributed by atoms with van der Waals surface area (Å²) >= 11 is 0. The molecule has 0 spiro atoms. The lowest BCUT2D eigenvalue weighted by molar-refractivity contribution is -0.169. The summed E-state index contributed by atoms with van der Waals surface area (Å²) in [5.74, 6) is -3.61. The van der Waals surface area contributed by atoms with Crippen molar-refractivity contribution < 1.29 is 57.2 Å². The highest BCUT2D eigenvalue weighted by atomic mass is 35.5. The summed E-state index contributed by atoms with van der Waals surface area (Å²) in [6.45, 7) is 16.0. The minimum atomic E-state index is -0.919. The molecule has 14 heteroatoms. The van der Waals surface area contributed by atoms with E-state index >= 15 is 0 Å². The van der Waals surface area contributed by atoms with E-state index in [1.54, 1.807) is 0 Å². The Hall–Kier alpha value is -2.93. The molecule has 0 aromatic heterocycles. The zero-order valence-electron chi connectivity index (χ0n) is 41.5. The van der Waals surface area contributed by atoms with Crippen molar-refractivity contribution in [1.29, 1.82) is 0 Å². The number of rotatable bonds is 42. The van der Waals surface area contributed by atoms with Gasteiger partial charge in [0.15, 0.2) is 12.2 Å². The first kappa shape index (κ1) is 63.2. The number of halogens is 1. The van der Waals surface area contributed by atoms with Crippen molar-refractivity contribution in [1.82, 2.24) is 5.32 Å². The van der Waals surface area contributed by atoms with Crippen LogP contribution in [0, 0.1) is 23.7 Å². The molecule has 1 N–H and O–H groups in total. The molecule has 0 fully saturated rings. The van der Waals surface area contributed by atoms with Gasteiger partial charge in [-0.05, 0) is 51.6 Å². The summed E-state index contributed by atoms with van der Waals surface area (Å²) in [6, 6.07) is 0. The van der Waals surface area contributed by atoms with Gasteiger partial charge in [-0.15, -0.1) is 12.4 Å². The highest BCUT2D eigenvalue weighted by Crippen LogP contribution is 2.17. The number of hydrogen-bond acceptors (Lipinski definition) is 13. The van der Waals surface area contributed by atoms with Crippen LogP contribution in [-0.4, -0.2) is 87.5 Å². The molecule has 0 aliphatic carbocycles. The van der Waals surface area contributed by atoms with E-state index in [4.69, 9.17) is 28.4 Å². The van der Waals surface area contributed by atoms with Crippen LogP contribution >= 0.6 is 12.4 Å². The SMILES string of the molecule is CCCCCCC(C)C(=O)OCC(COC(=O)C(C)CCCCCC)OC(=O)CCCNCCCC(=O)OC(COC(=O)C(C)CCCCCC)COC(=O)C(C)CCCCCC.Cl. The van der Waals surface area contributed by atoms with Crippen LogP contribution in [0.2, 0.25) is 0 Å². The number of hydrogen-bond donors (Lipinski definition) is 1. The van der Waals surface area contributed by atoms with Crippen molar-refractivity contribution in [3.8, 4) is 0 Å². The fourth-order valence-corrected chi connectivity index (χ4v) is 6.81. The zero-order valence-corrected chi connectivity index (χ0v) is 42.3. The molecule has 0 rings (SSSR count). The van der Waals surface area contributed by atoms with Crippen molar-refractivity contribution in [2.24, 2.45) is 23.7 Å². The maximum atomic E-state index is 12.8. The summed E-state index contributed by atoms with van der Waals surface area (Å²) in [7, 11) is 0. The third-order valence-corrected chi connectivity index (χ3v) is 11.3. The molecule has 0 aliphatic rings. The molecule has 0 saturated heterocycles. The van der Waals surface area contributed by atoms with Gasteiger partial charge in [-0.3, -0.25) is 28.8 Å². The van der Waals surface area contributed by atoms with Gasteiger partial charge in [0, 0.05) is 12.8 Å². The Balaban J connectivity index is 0. The van der Waals surface area contributed by atoms with Gasteiger partial charge in [-0.25, -0.2) is 0 Å². The average Bonchev–Trinajstić information content (AvgIpc) is 3.27. The molecule has 0 amide bonds. The summed E-state index contributed by atoms with van der Waals surface area (Å²) in [6.07, 6.45) is 19.0. The molecule has 0 aliphatic heterocycles. The largest absolute Gasteiger partial charge is 0.461 e. The predicted molar refractivity (Wildman–Crippen MR) is 254 cm³/mol. The fraction of sp³-hybridized carbons (Fsp3) is 0.880. The molecule has 0 aromatic rings. The van der Waals surface area contributed by atoms with Gasteiger partial charge in [0.2, 0.25) is 0 Å². The van der Waals surface area contributed by atoms with Crippen LogP contribution in [0.4, 0.5) is 0 Å². The quantitative estimate of drug-likeness (QED) is 0.0349. The van der Waals surface area contributed by atoms with Crippen molar-refractivity contribution in [3.63, 3.8) is 0 Å². The second-order valence-electron chi connectivity index (χ2n) is 17.7. The fourth-order valence-electron chi connectivity index (χ4n) is 6.81. The average molecular weight is 935 g/mol. The van der Waals surface area contributed by atoms with Gasteiger partial charge in [0.1, 0.15) is 26.4 Å². The van der Waals surface area contributed by atoms with Crippen molar-refractivity contribution in [2.45, 2.75) is 222 Å². The van der Waals surface area contributed by atoms with Crippen molar-refractivity contribution in [3.05, 3.63) is 0 Å². The van der Waals surface area contributed by atoms with Crippen molar-refractivity contribution in [2.75, 3.05) is 39.5 Å². The lowest BCUT2D eigenvalue weighted by atomic mass is 10.0. The Morgan fingerprint density at radius 2 is 0.625 bits per heavy atom. The van der Waals surface area contributed by atoms with Crippen LogP contribution < -0.4 is 5.32 Å². The van der Waals surface area contributed by atoms with Crippen LogP contribution in [-0.2, 0) is 57.2 Å². The third kappa shape index (κ3) is 35.3. The smallest absolute Gasteiger partial charge is 0.308 e. The Bertz CT molecular complexity index is 1060. The van der Waals surface area contributed by atoms with E-state index in [2.05, 4.69) is 33.0 Å². The second kappa shape index (κ2) is 42.7. The van der Waals surface area contributed by atoms with Gasteiger partial charge < -0.3 is 33.7 Å². The van der Waals surface area contributed by atoms with Crippen LogP contribution in [0.1, 0.15) is 209 Å². The Kier molecular flexibility index (Phi) is 42.1. The molecular formula is C50H92ClNO12. The topological polar surface area (TPSA) is 170 Å². The zero-order chi connectivity index (χ0) is 47.1. The van der Waals surface area contributed by atoms with E-state index in [0.29, 0.717) is 51.6 Å². The summed E-state index contributed by atoms with van der Waals surface area (Å²) < 4.78 is 33.4. The van der Waals surface area contributed by atoms with Gasteiger partial charge in [-0.1, -0.05) is 158 Å². The van der Waals surface area contributed by atoms with E-state index in [1.807, 2.05) is 27.7 Å². The Labute approximate surface area is 394 Å². The number of unbranched alkanes of at least 4 members (excludes halogenated alkanes) is 12. The lowest BCUT2D eigenvalue weighted by Gasteiger charge is -2.20. The first-order chi connectivity index (χ1) is 30.3. The van der Waals surface area contributed by atoms with E-state index in [1.165, 1.54) is 0 Å². The van der Waals surface area contributed by atoms with E-state index in [-0.39, 0.29) is 99.2 Å². The summed E-state index contributed by atoms with van der Waals surface area (Å²) in [5, 5.41) is 3.22. The van der Waals surface area contributed by atoms with E-state index in [0.717, 1.165) is 103 Å². The van der Waals surface area contributed by atoms with E-state index < -0.39 is 24.1 Å². The van der Waals surface area contributed by atoms with Crippen LogP contribution in [0.3, 0.4) is 0 Å². The molecule has 4 atom stereocenters. The summed E-state index contributed by atoms with van der Waals surface area (Å²) in [4.78, 5) is 76.5. The molecule has 64 heavy (non-hydrogen) atoms. The Morgan fingerprint density at radius 1 is 0.375 bits per heavy atom. The molecule has 0 radical (unpaired) electrons. The first-order valence-corrected chi connectivity index (χ1v) is 25.0. The normalized spacial score (nSPS) is 13.9. The van der Waals surface area contributed by atoms with Crippen molar-refractivity contribution >= 4 is 48.2 Å². The molecule has 376 valence electrons. The highest BCUT2D eigenvalue weighted by Gasteiger charge is 2.25. The Morgan fingerprint density at radius 3 is 0.859 bits per heavy atom. The maximum absolute atomic E-state index is 12.8. The molecule has 13 nitrogen and oxygen atoms in total. The second-order valence-corrected chi connectivity index (χ2v) is 17.7. The number of carbonyl (C=O) groups excluding carboxylic acids is 6. The maximum Gasteiger partial charge on any atom is 0.308 e. The molecule has 0 bridgehead atoms. The first-order valence-electron chi connectivity index (χ1n) is 25.0. The highest BCUT2D eigenvalue weighted by molar-refractivity contribution is 5.85. The number of nitrogens with one attached hydrogen (secondary N) is 1. The predicted octanol–water partition coefficient (Wildman–Crippen LogP) is 11.0. The molecule has 4 unspecified atom stereocenters. The molecule has 0 aromatic carbocycles. The minimum absolute atomic E-state index is 0. The molecule has 0 saturated carbocycles. The van der Waals surface area contributed by atoms with Crippen LogP contribution in [0.15, 0.2) is 0 Å². The number of esters is 6. The van der Waals surface area contributed by atoms with Gasteiger partial charge in [0.25, 0.3) is 0 Å². The van der Waals surface area contributed by atoms with Gasteiger partial charge >= 0.3 is 35.8 Å². The number of carbonyl (C=O) groups is 6. The molecular weight excluding hydrogens is 842 g/mol.